The number of benzene rings is 1. The monoisotopic (exact) mass is 276 g/mol. The van der Waals surface area contributed by atoms with Gasteiger partial charge in [-0.25, -0.2) is 14.8 Å². The smallest absolute Gasteiger partial charge is 0.341 e. The van der Waals surface area contributed by atoms with Crippen molar-refractivity contribution >= 4 is 17.6 Å². The van der Waals surface area contributed by atoms with Gasteiger partial charge >= 0.3 is 5.97 Å². The van der Waals surface area contributed by atoms with E-state index >= 15 is 0 Å². The van der Waals surface area contributed by atoms with E-state index in [1.807, 2.05) is 12.1 Å². The van der Waals surface area contributed by atoms with Gasteiger partial charge in [0.25, 0.3) is 0 Å². The number of carbonyl (C=O) groups is 1. The largest absolute Gasteiger partial charge is 0.462 e. The molecule has 0 aliphatic rings. The minimum Gasteiger partial charge on any atom is -0.462 e. The van der Waals surface area contributed by atoms with Crippen molar-refractivity contribution in [2.45, 2.75) is 13.8 Å². The lowest BCUT2D eigenvalue weighted by Gasteiger charge is -2.08. The minimum atomic E-state index is -0.424. The summed E-state index contributed by atoms with van der Waals surface area (Å²) in [5, 5.41) is 0.632. The molecule has 19 heavy (non-hydrogen) atoms. The zero-order valence-electron chi connectivity index (χ0n) is 10.7. The molecular weight excluding hydrogens is 264 g/mol. The van der Waals surface area contributed by atoms with Crippen LogP contribution in [0.3, 0.4) is 0 Å². The lowest BCUT2D eigenvalue weighted by molar-refractivity contribution is 0.0526. The van der Waals surface area contributed by atoms with E-state index in [9.17, 15) is 4.79 Å². The maximum atomic E-state index is 11.9. The molecule has 98 valence electrons. The molecule has 0 saturated carbocycles. The molecule has 1 heterocycles. The van der Waals surface area contributed by atoms with Gasteiger partial charge in [-0.2, -0.15) is 0 Å². The fourth-order valence-corrected chi connectivity index (χ4v) is 1.78. The van der Waals surface area contributed by atoms with Gasteiger partial charge in [-0.1, -0.05) is 23.7 Å². The molecule has 0 fully saturated rings. The number of hydrogen-bond acceptors (Lipinski definition) is 4. The Bertz CT molecular complexity index is 597. The number of rotatable bonds is 3. The molecule has 1 aromatic heterocycles. The predicted octanol–water partition coefficient (Wildman–Crippen LogP) is 3.28. The summed E-state index contributed by atoms with van der Waals surface area (Å²) < 4.78 is 5.01. The fraction of sp³-hybridized carbons (Fsp3) is 0.214. The summed E-state index contributed by atoms with van der Waals surface area (Å²) in [6, 6.07) is 7.13. The standard InChI is InChI=1S/C14H13ClN2O2/c1-3-19-14(18)12-8-16-9(2)17-13(12)10-4-6-11(15)7-5-10/h4-8H,3H2,1-2H3. The Morgan fingerprint density at radius 3 is 2.63 bits per heavy atom. The van der Waals surface area contributed by atoms with Crippen LogP contribution < -0.4 is 0 Å². The molecule has 0 radical (unpaired) electrons. The summed E-state index contributed by atoms with van der Waals surface area (Å²) >= 11 is 5.86. The van der Waals surface area contributed by atoms with Gasteiger partial charge in [-0.3, -0.25) is 0 Å². The van der Waals surface area contributed by atoms with Gasteiger partial charge in [-0.05, 0) is 26.0 Å². The van der Waals surface area contributed by atoms with E-state index in [0.29, 0.717) is 28.7 Å². The second-order valence-corrected chi connectivity index (χ2v) is 4.34. The number of carbonyl (C=O) groups excluding carboxylic acids is 1. The van der Waals surface area contributed by atoms with Crippen molar-refractivity contribution < 1.29 is 9.53 Å². The van der Waals surface area contributed by atoms with Crippen molar-refractivity contribution in [3.63, 3.8) is 0 Å². The maximum Gasteiger partial charge on any atom is 0.341 e. The van der Waals surface area contributed by atoms with Gasteiger partial charge in [0.1, 0.15) is 11.4 Å². The number of nitrogens with zero attached hydrogens (tertiary/aromatic N) is 2. The van der Waals surface area contributed by atoms with E-state index in [1.54, 1.807) is 26.0 Å². The van der Waals surface area contributed by atoms with Crippen LogP contribution in [-0.2, 0) is 4.74 Å². The van der Waals surface area contributed by atoms with Crippen LogP contribution in [0.5, 0.6) is 0 Å². The van der Waals surface area contributed by atoms with E-state index in [-0.39, 0.29) is 0 Å². The van der Waals surface area contributed by atoms with E-state index in [2.05, 4.69) is 9.97 Å². The number of hydrogen-bond donors (Lipinski definition) is 0. The third-order valence-corrected chi connectivity index (χ3v) is 2.77. The average molecular weight is 277 g/mol. The van der Waals surface area contributed by atoms with Gasteiger partial charge < -0.3 is 4.74 Å². The first-order valence-corrected chi connectivity index (χ1v) is 6.26. The van der Waals surface area contributed by atoms with E-state index in [1.165, 1.54) is 6.20 Å². The Balaban J connectivity index is 2.51. The van der Waals surface area contributed by atoms with E-state index < -0.39 is 5.97 Å². The van der Waals surface area contributed by atoms with E-state index in [4.69, 9.17) is 16.3 Å². The maximum absolute atomic E-state index is 11.9. The van der Waals surface area contributed by atoms with Crippen molar-refractivity contribution in [3.8, 4) is 11.3 Å². The molecule has 1 aromatic carbocycles. The Hall–Kier alpha value is -1.94. The normalized spacial score (nSPS) is 10.3. The summed E-state index contributed by atoms with van der Waals surface area (Å²) in [7, 11) is 0. The van der Waals surface area contributed by atoms with Crippen LogP contribution in [0.25, 0.3) is 11.3 Å². The molecule has 5 heteroatoms. The van der Waals surface area contributed by atoms with Crippen LogP contribution in [0.1, 0.15) is 23.1 Å². The summed E-state index contributed by atoms with van der Waals surface area (Å²) in [6.45, 7) is 3.84. The molecule has 0 aliphatic heterocycles. The number of esters is 1. The quantitative estimate of drug-likeness (QED) is 0.807. The number of halogens is 1. The van der Waals surface area contributed by atoms with E-state index in [0.717, 1.165) is 5.56 Å². The van der Waals surface area contributed by atoms with Crippen LogP contribution in [0, 0.1) is 6.92 Å². The molecule has 0 aliphatic carbocycles. The van der Waals surface area contributed by atoms with Crippen LogP contribution in [-0.4, -0.2) is 22.5 Å². The Kier molecular flexibility index (Phi) is 4.12. The first kappa shape index (κ1) is 13.5. The highest BCUT2D eigenvalue weighted by Crippen LogP contribution is 2.23. The topological polar surface area (TPSA) is 52.1 Å². The molecular formula is C14H13ClN2O2. The molecule has 0 N–H and O–H groups in total. The third kappa shape index (κ3) is 3.09. The number of aromatic nitrogens is 2. The second kappa shape index (κ2) is 5.80. The Labute approximate surface area is 116 Å². The fourth-order valence-electron chi connectivity index (χ4n) is 1.66. The first-order valence-electron chi connectivity index (χ1n) is 5.88. The zero-order chi connectivity index (χ0) is 13.8. The van der Waals surface area contributed by atoms with Gasteiger partial charge in [0.2, 0.25) is 0 Å². The molecule has 0 amide bonds. The molecule has 0 saturated heterocycles. The lowest BCUT2D eigenvalue weighted by Crippen LogP contribution is -2.09. The molecule has 4 nitrogen and oxygen atoms in total. The zero-order valence-corrected chi connectivity index (χ0v) is 11.4. The van der Waals surface area contributed by atoms with Crippen molar-refractivity contribution in [2.75, 3.05) is 6.61 Å². The highest BCUT2D eigenvalue weighted by Gasteiger charge is 2.16. The SMILES string of the molecule is CCOC(=O)c1cnc(C)nc1-c1ccc(Cl)cc1. The highest BCUT2D eigenvalue weighted by atomic mass is 35.5. The molecule has 2 rings (SSSR count). The van der Waals surface area contributed by atoms with Gasteiger partial charge in [-0.15, -0.1) is 0 Å². The predicted molar refractivity (Wildman–Crippen MR) is 73.2 cm³/mol. The summed E-state index contributed by atoms with van der Waals surface area (Å²) in [6.07, 6.45) is 1.49. The molecule has 0 bridgehead atoms. The van der Waals surface area contributed by atoms with Crippen LogP contribution in [0.4, 0.5) is 0 Å². The van der Waals surface area contributed by atoms with Crippen molar-refractivity contribution in [1.82, 2.24) is 9.97 Å². The lowest BCUT2D eigenvalue weighted by atomic mass is 10.1. The third-order valence-electron chi connectivity index (χ3n) is 2.52. The van der Waals surface area contributed by atoms with Crippen LogP contribution in [0.15, 0.2) is 30.5 Å². The molecule has 2 aromatic rings. The number of aryl methyl sites for hydroxylation is 1. The summed E-state index contributed by atoms with van der Waals surface area (Å²) in [5.41, 5.74) is 1.72. The molecule has 0 atom stereocenters. The van der Waals surface area contributed by atoms with Gasteiger partial charge in [0.15, 0.2) is 0 Å². The van der Waals surface area contributed by atoms with Crippen LogP contribution >= 0.6 is 11.6 Å². The van der Waals surface area contributed by atoms with Crippen molar-refractivity contribution in [2.24, 2.45) is 0 Å². The molecule has 0 unspecified atom stereocenters. The van der Waals surface area contributed by atoms with Gasteiger partial charge in [0, 0.05) is 16.8 Å². The van der Waals surface area contributed by atoms with Crippen molar-refractivity contribution in [3.05, 3.63) is 46.9 Å². The Morgan fingerprint density at radius 2 is 2.00 bits per heavy atom. The van der Waals surface area contributed by atoms with Gasteiger partial charge in [0.05, 0.1) is 12.3 Å². The Morgan fingerprint density at radius 1 is 1.32 bits per heavy atom. The first-order chi connectivity index (χ1) is 9.11. The average Bonchev–Trinajstić information content (AvgIpc) is 2.39. The number of ether oxygens (including phenoxy) is 1. The summed E-state index contributed by atoms with van der Waals surface area (Å²) in [4.78, 5) is 20.3. The van der Waals surface area contributed by atoms with Crippen molar-refractivity contribution in [1.29, 1.82) is 0 Å². The minimum absolute atomic E-state index is 0.312. The molecule has 0 spiro atoms. The highest BCUT2D eigenvalue weighted by molar-refractivity contribution is 6.30. The second-order valence-electron chi connectivity index (χ2n) is 3.91. The summed E-state index contributed by atoms with van der Waals surface area (Å²) in [5.74, 6) is 0.172. The van der Waals surface area contributed by atoms with Crippen LogP contribution in [0.2, 0.25) is 5.02 Å².